The molecule has 0 unspecified atom stereocenters. The van der Waals surface area contributed by atoms with Gasteiger partial charge in [0.25, 0.3) is 0 Å². The van der Waals surface area contributed by atoms with Crippen molar-refractivity contribution in [2.75, 3.05) is 0 Å². The molecule has 0 saturated heterocycles. The third-order valence-corrected chi connectivity index (χ3v) is 0.455. The van der Waals surface area contributed by atoms with Gasteiger partial charge in [-0.05, 0) is 6.92 Å². The minimum atomic E-state index is -0.569. The number of rotatable bonds is 1. The summed E-state index contributed by atoms with van der Waals surface area (Å²) in [5.41, 5.74) is 0.308. The van der Waals surface area contributed by atoms with Gasteiger partial charge in [-0.15, -0.1) is 0 Å². The van der Waals surface area contributed by atoms with Crippen LogP contribution in [0.5, 0.6) is 0 Å². The van der Waals surface area contributed by atoms with Gasteiger partial charge in [0.05, 0.1) is 0 Å². The van der Waals surface area contributed by atoms with Crippen molar-refractivity contribution in [2.45, 2.75) is 6.92 Å². The van der Waals surface area contributed by atoms with Crippen molar-refractivity contribution < 1.29 is 9.63 Å². The van der Waals surface area contributed by atoms with Gasteiger partial charge in [-0.1, -0.05) is 6.58 Å². The molecule has 0 spiro atoms. The second kappa shape index (κ2) is 4.29. The Hall–Kier alpha value is -0.870. The molecule has 0 saturated carbocycles. The van der Waals surface area contributed by atoms with Gasteiger partial charge in [0.15, 0.2) is 0 Å². The van der Waals surface area contributed by atoms with Crippen LogP contribution in [-0.2, 0) is 9.63 Å². The summed E-state index contributed by atoms with van der Waals surface area (Å²) < 4.78 is 0. The predicted molar refractivity (Wildman–Crippen MR) is 30.1 cm³/mol. The van der Waals surface area contributed by atoms with Gasteiger partial charge in [0, 0.05) is 5.57 Å². The Morgan fingerprint density at radius 1 is 1.75 bits per heavy atom. The highest BCUT2D eigenvalue weighted by Gasteiger charge is 1.96. The second-order valence-corrected chi connectivity index (χ2v) is 1.19. The van der Waals surface area contributed by atoms with Crippen LogP contribution in [0, 0.1) is 0 Å². The average molecular weight is 118 g/mol. The fraction of sp³-hybridized carbons (Fsp3) is 0.250. The Morgan fingerprint density at radius 2 is 2.12 bits per heavy atom. The molecule has 0 heterocycles. The van der Waals surface area contributed by atoms with Gasteiger partial charge in [-0.25, -0.2) is 4.79 Å². The summed E-state index contributed by atoms with van der Waals surface area (Å²) in [4.78, 5) is 13.8. The molecule has 0 aromatic rings. The third kappa shape index (κ3) is 3.32. The van der Waals surface area contributed by atoms with E-state index in [1.807, 2.05) is 0 Å². The summed E-state index contributed by atoms with van der Waals surface area (Å²) in [6, 6.07) is 0. The summed E-state index contributed by atoms with van der Waals surface area (Å²) >= 11 is 0. The lowest BCUT2D eigenvalue weighted by Crippen LogP contribution is -2.09. The molecule has 0 fully saturated rings. The highest BCUT2D eigenvalue weighted by atomic mass is 16.7. The van der Waals surface area contributed by atoms with Crippen molar-refractivity contribution >= 4 is 5.97 Å². The molecule has 48 valence electrons. The minimum absolute atomic E-state index is 0. The number of carbonyl (C=O) groups excluding carboxylic acids is 1. The molecule has 0 aliphatic heterocycles. The predicted octanol–water partition coefficient (Wildman–Crippen LogP) is 0.141. The number of nitrogens with two attached hydrogens (primary N) is 1. The maximum Gasteiger partial charge on any atom is 0.351 e. The van der Waals surface area contributed by atoms with Crippen molar-refractivity contribution in [2.24, 2.45) is 5.90 Å². The zero-order chi connectivity index (χ0) is 5.86. The highest BCUT2D eigenvalue weighted by Crippen LogP contribution is 1.85. The highest BCUT2D eigenvalue weighted by molar-refractivity contribution is 5.86. The monoisotopic (exact) mass is 118 g/mol. The zero-order valence-corrected chi connectivity index (χ0v) is 4.81. The normalized spacial score (nSPS) is 6.75. The molecule has 0 radical (unpaired) electrons. The van der Waals surface area contributed by atoms with Crippen LogP contribution in [0.15, 0.2) is 12.2 Å². The van der Waals surface area contributed by atoms with E-state index >= 15 is 0 Å². The van der Waals surface area contributed by atoms with Crippen LogP contribution in [0.4, 0.5) is 0 Å². The van der Waals surface area contributed by atoms with E-state index in [1.54, 1.807) is 0 Å². The molecular weight excluding hydrogens is 108 g/mol. The molecule has 0 aromatic carbocycles. The topological polar surface area (TPSA) is 87.3 Å². The van der Waals surface area contributed by atoms with Crippen molar-refractivity contribution in [3.8, 4) is 0 Å². The van der Waals surface area contributed by atoms with Crippen LogP contribution < -0.4 is 12.0 Å². The van der Waals surface area contributed by atoms with Crippen LogP contribution in [0.2, 0.25) is 0 Å². The quantitative estimate of drug-likeness (QED) is 0.378. The Bertz CT molecular complexity index is 100. The molecule has 4 heteroatoms. The molecule has 0 atom stereocenters. The summed E-state index contributed by atoms with van der Waals surface area (Å²) in [5.74, 6) is 3.89. The van der Waals surface area contributed by atoms with E-state index < -0.39 is 5.97 Å². The molecule has 0 bridgehead atoms. The Balaban J connectivity index is 0. The second-order valence-electron chi connectivity index (χ2n) is 1.19. The van der Waals surface area contributed by atoms with E-state index in [4.69, 9.17) is 0 Å². The lowest BCUT2D eigenvalue weighted by Gasteiger charge is -1.90. The zero-order valence-electron chi connectivity index (χ0n) is 4.81. The smallest absolute Gasteiger partial charge is 0.351 e. The molecule has 8 heavy (non-hydrogen) atoms. The summed E-state index contributed by atoms with van der Waals surface area (Å²) in [7, 11) is 0. The van der Waals surface area contributed by atoms with Crippen molar-refractivity contribution in [3.05, 3.63) is 12.2 Å². The number of hydrogen-bond donors (Lipinski definition) is 2. The van der Waals surface area contributed by atoms with Gasteiger partial charge in [0.1, 0.15) is 0 Å². The SMILES string of the molecule is C=C(C)C(=O)ON.N. The minimum Gasteiger partial charge on any atom is -0.370 e. The lowest BCUT2D eigenvalue weighted by atomic mass is 10.4. The lowest BCUT2D eigenvalue weighted by molar-refractivity contribution is -0.139. The fourth-order valence-corrected chi connectivity index (χ4v) is 0.101. The summed E-state index contributed by atoms with van der Waals surface area (Å²) in [6.45, 7) is 4.79. The Kier molecular flexibility index (Phi) is 5.46. The first-order valence-electron chi connectivity index (χ1n) is 1.75. The van der Waals surface area contributed by atoms with Crippen molar-refractivity contribution in [1.29, 1.82) is 0 Å². The van der Waals surface area contributed by atoms with E-state index in [0.717, 1.165) is 0 Å². The van der Waals surface area contributed by atoms with E-state index in [2.05, 4.69) is 17.3 Å². The van der Waals surface area contributed by atoms with Crippen LogP contribution >= 0.6 is 0 Å². The summed E-state index contributed by atoms with van der Waals surface area (Å²) in [5, 5.41) is 0. The largest absolute Gasteiger partial charge is 0.370 e. The molecule has 0 rings (SSSR count). The number of carbonyl (C=O) groups is 1. The molecule has 5 N–H and O–H groups in total. The van der Waals surface area contributed by atoms with Gasteiger partial charge in [0.2, 0.25) is 0 Å². The Morgan fingerprint density at radius 3 is 2.12 bits per heavy atom. The van der Waals surface area contributed by atoms with E-state index in [0.29, 0.717) is 5.57 Å². The van der Waals surface area contributed by atoms with Crippen molar-refractivity contribution in [3.63, 3.8) is 0 Å². The van der Waals surface area contributed by atoms with Crippen LogP contribution in [0.3, 0.4) is 0 Å². The third-order valence-electron chi connectivity index (χ3n) is 0.455. The summed E-state index contributed by atoms with van der Waals surface area (Å²) in [6.07, 6.45) is 0. The fourth-order valence-electron chi connectivity index (χ4n) is 0.101. The van der Waals surface area contributed by atoms with Crippen LogP contribution in [0.25, 0.3) is 0 Å². The standard InChI is InChI=1S/C4H7NO2.H3N/c1-3(2)4(6)7-5;/h1,5H2,2H3;1H3. The number of hydrogen-bond acceptors (Lipinski definition) is 4. The van der Waals surface area contributed by atoms with E-state index in [1.165, 1.54) is 6.92 Å². The van der Waals surface area contributed by atoms with Crippen LogP contribution in [-0.4, -0.2) is 5.97 Å². The van der Waals surface area contributed by atoms with Crippen molar-refractivity contribution in [1.82, 2.24) is 6.15 Å². The first-order valence-corrected chi connectivity index (χ1v) is 1.75. The van der Waals surface area contributed by atoms with Gasteiger partial charge in [-0.3, -0.25) is 0 Å². The van der Waals surface area contributed by atoms with Gasteiger partial charge in [-0.2, -0.15) is 5.90 Å². The van der Waals surface area contributed by atoms with Gasteiger partial charge >= 0.3 is 5.97 Å². The maximum atomic E-state index is 10.1. The average Bonchev–Trinajstić information content (AvgIpc) is 1.65. The first kappa shape index (κ1) is 10.2. The first-order chi connectivity index (χ1) is 3.18. The van der Waals surface area contributed by atoms with E-state index in [9.17, 15) is 4.79 Å². The molecule has 4 nitrogen and oxygen atoms in total. The molecule has 0 aliphatic carbocycles. The van der Waals surface area contributed by atoms with E-state index in [-0.39, 0.29) is 6.15 Å². The molecule has 0 aromatic heterocycles. The molecule has 0 aliphatic rings. The Labute approximate surface area is 47.8 Å². The van der Waals surface area contributed by atoms with Gasteiger partial charge < -0.3 is 11.0 Å². The molecular formula is C4H10N2O2. The van der Waals surface area contributed by atoms with Crippen LogP contribution in [0.1, 0.15) is 6.92 Å². The maximum absolute atomic E-state index is 10.1. The molecule has 0 amide bonds.